The van der Waals surface area contributed by atoms with E-state index in [4.69, 9.17) is 11.5 Å². The third kappa shape index (κ3) is 2.63. The molecule has 1 saturated carbocycles. The van der Waals surface area contributed by atoms with Crippen LogP contribution in [0.5, 0.6) is 0 Å². The van der Waals surface area contributed by atoms with Gasteiger partial charge in [0.1, 0.15) is 5.69 Å². The Hall–Kier alpha value is -2.69. The molecule has 1 aliphatic carbocycles. The van der Waals surface area contributed by atoms with Gasteiger partial charge in [0.25, 0.3) is 5.91 Å². The number of hydrogen-bond acceptors (Lipinski definition) is 4. The van der Waals surface area contributed by atoms with Gasteiger partial charge in [-0.3, -0.25) is 4.79 Å². The second-order valence-electron chi connectivity index (χ2n) is 5.18. The molecule has 3 rings (SSSR count). The van der Waals surface area contributed by atoms with Crippen molar-refractivity contribution in [1.82, 2.24) is 10.2 Å². The summed E-state index contributed by atoms with van der Waals surface area (Å²) in [5, 5.41) is 7.91. The van der Waals surface area contributed by atoms with Gasteiger partial charge in [0.05, 0.1) is 11.8 Å². The summed E-state index contributed by atoms with van der Waals surface area (Å²) in [7, 11) is 0. The lowest BCUT2D eigenvalue weighted by atomic mass is 10.0. The minimum Gasteiger partial charge on any atom is -0.404 e. The van der Waals surface area contributed by atoms with Gasteiger partial charge in [0, 0.05) is 6.20 Å². The summed E-state index contributed by atoms with van der Waals surface area (Å²) >= 11 is 0. The first-order valence-corrected chi connectivity index (χ1v) is 6.80. The van der Waals surface area contributed by atoms with E-state index < -0.39 is 5.91 Å². The molecule has 0 bridgehead atoms. The van der Waals surface area contributed by atoms with Crippen LogP contribution in [0.3, 0.4) is 0 Å². The lowest BCUT2D eigenvalue weighted by Crippen LogP contribution is -2.15. The Kier molecular flexibility index (Phi) is 3.39. The molecule has 2 aromatic rings. The number of amides is 1. The van der Waals surface area contributed by atoms with E-state index in [-0.39, 0.29) is 5.57 Å². The number of nitrogens with two attached hydrogens (primary N) is 2. The Labute approximate surface area is 122 Å². The molecule has 106 valence electrons. The van der Waals surface area contributed by atoms with Crippen LogP contribution in [0.2, 0.25) is 0 Å². The van der Waals surface area contributed by atoms with Crippen molar-refractivity contribution in [3.05, 3.63) is 65.6 Å². The van der Waals surface area contributed by atoms with Gasteiger partial charge < -0.3 is 11.5 Å². The standard InChI is InChI=1S/C16H16N4O/c17-8-14(16(18)21)15-6-11(9-19-20-15)13-7-12(13)10-4-2-1-3-5-10/h1-6,8-9,12-13H,7,17H2,(H2,18,21)/b14-8-/t12-,13?/m1/s1. The van der Waals surface area contributed by atoms with E-state index in [0.29, 0.717) is 17.5 Å². The van der Waals surface area contributed by atoms with E-state index >= 15 is 0 Å². The smallest absolute Gasteiger partial charge is 0.252 e. The molecule has 1 amide bonds. The lowest BCUT2D eigenvalue weighted by molar-refractivity contribution is -0.112. The van der Waals surface area contributed by atoms with Gasteiger partial charge in [0.15, 0.2) is 0 Å². The summed E-state index contributed by atoms with van der Waals surface area (Å²) in [6, 6.07) is 12.2. The summed E-state index contributed by atoms with van der Waals surface area (Å²) in [5.74, 6) is 0.315. The highest BCUT2D eigenvalue weighted by Gasteiger charge is 2.39. The van der Waals surface area contributed by atoms with E-state index in [9.17, 15) is 4.79 Å². The lowest BCUT2D eigenvalue weighted by Gasteiger charge is -2.04. The molecule has 5 nitrogen and oxygen atoms in total. The van der Waals surface area contributed by atoms with Crippen molar-refractivity contribution < 1.29 is 4.79 Å². The monoisotopic (exact) mass is 280 g/mol. The predicted octanol–water partition coefficient (Wildman–Crippen LogP) is 1.53. The van der Waals surface area contributed by atoms with Gasteiger partial charge in [0.2, 0.25) is 0 Å². The van der Waals surface area contributed by atoms with Crippen LogP contribution in [0.15, 0.2) is 48.8 Å². The summed E-state index contributed by atoms with van der Waals surface area (Å²) in [5.41, 5.74) is 13.7. The van der Waals surface area contributed by atoms with Gasteiger partial charge in [-0.15, -0.1) is 0 Å². The second-order valence-corrected chi connectivity index (χ2v) is 5.18. The zero-order chi connectivity index (χ0) is 14.8. The first-order chi connectivity index (χ1) is 10.2. The zero-order valence-electron chi connectivity index (χ0n) is 11.4. The molecule has 1 fully saturated rings. The van der Waals surface area contributed by atoms with E-state index in [1.54, 1.807) is 6.20 Å². The number of rotatable bonds is 4. The maximum absolute atomic E-state index is 11.3. The average molecular weight is 280 g/mol. The number of nitrogens with zero attached hydrogens (tertiary/aromatic N) is 2. The molecule has 21 heavy (non-hydrogen) atoms. The van der Waals surface area contributed by atoms with E-state index in [0.717, 1.165) is 12.0 Å². The van der Waals surface area contributed by atoms with Gasteiger partial charge in [-0.25, -0.2) is 0 Å². The van der Waals surface area contributed by atoms with Crippen LogP contribution < -0.4 is 11.5 Å². The van der Waals surface area contributed by atoms with Crippen LogP contribution in [0, 0.1) is 0 Å². The second kappa shape index (κ2) is 5.36. The van der Waals surface area contributed by atoms with Crippen molar-refractivity contribution in [2.24, 2.45) is 11.5 Å². The number of benzene rings is 1. The van der Waals surface area contributed by atoms with Crippen LogP contribution in [0.4, 0.5) is 0 Å². The minimum absolute atomic E-state index is 0.196. The highest BCUT2D eigenvalue weighted by atomic mass is 16.1. The number of hydrogen-bond donors (Lipinski definition) is 2. The molecule has 1 aromatic carbocycles. The Morgan fingerprint density at radius 1 is 1.19 bits per heavy atom. The largest absolute Gasteiger partial charge is 0.404 e. The van der Waals surface area contributed by atoms with Crippen LogP contribution in [-0.4, -0.2) is 16.1 Å². The number of primary amides is 1. The van der Waals surface area contributed by atoms with Crippen LogP contribution in [0.1, 0.15) is 35.1 Å². The summed E-state index contributed by atoms with van der Waals surface area (Å²) in [6.07, 6.45) is 4.00. The molecule has 0 aliphatic heterocycles. The SMILES string of the molecule is N/C=C(\C(N)=O)c1cc(C2C[C@@H]2c2ccccc2)cnn1. The Morgan fingerprint density at radius 2 is 1.90 bits per heavy atom. The molecule has 1 aromatic heterocycles. The number of aromatic nitrogens is 2. The minimum atomic E-state index is -0.598. The third-order valence-electron chi connectivity index (χ3n) is 3.83. The molecular formula is C16H16N4O. The molecule has 1 aliphatic rings. The van der Waals surface area contributed by atoms with Gasteiger partial charge in [-0.1, -0.05) is 30.3 Å². The highest BCUT2D eigenvalue weighted by molar-refractivity contribution is 6.17. The molecule has 1 heterocycles. The zero-order valence-corrected chi connectivity index (χ0v) is 11.4. The molecule has 0 spiro atoms. The molecule has 1 unspecified atom stereocenters. The number of carbonyl (C=O) groups excluding carboxylic acids is 1. The quantitative estimate of drug-likeness (QED) is 0.830. The van der Waals surface area contributed by atoms with Crippen molar-refractivity contribution in [3.8, 4) is 0 Å². The normalized spacial score (nSPS) is 21.0. The molecule has 4 N–H and O–H groups in total. The first-order valence-electron chi connectivity index (χ1n) is 6.80. The highest BCUT2D eigenvalue weighted by Crippen LogP contribution is 2.54. The van der Waals surface area contributed by atoms with Crippen LogP contribution in [-0.2, 0) is 4.79 Å². The van der Waals surface area contributed by atoms with Crippen molar-refractivity contribution >= 4 is 11.5 Å². The van der Waals surface area contributed by atoms with Crippen LogP contribution >= 0.6 is 0 Å². The Morgan fingerprint density at radius 3 is 2.57 bits per heavy atom. The van der Waals surface area contributed by atoms with Crippen molar-refractivity contribution in [2.75, 3.05) is 0 Å². The fraction of sp³-hybridized carbons (Fsp3) is 0.188. The number of carbonyl (C=O) groups is 1. The Balaban J connectivity index is 1.84. The van der Waals surface area contributed by atoms with Crippen LogP contribution in [0.25, 0.3) is 5.57 Å². The predicted molar refractivity (Wildman–Crippen MR) is 79.9 cm³/mol. The van der Waals surface area contributed by atoms with Crippen molar-refractivity contribution in [2.45, 2.75) is 18.3 Å². The molecule has 5 heteroatoms. The van der Waals surface area contributed by atoms with Gasteiger partial charge >= 0.3 is 0 Å². The molecule has 0 radical (unpaired) electrons. The molecule has 0 saturated heterocycles. The van der Waals surface area contributed by atoms with Gasteiger partial charge in [-0.05, 0) is 35.4 Å². The fourth-order valence-electron chi connectivity index (χ4n) is 2.64. The van der Waals surface area contributed by atoms with E-state index in [2.05, 4.69) is 22.3 Å². The first kappa shape index (κ1) is 13.3. The maximum atomic E-state index is 11.3. The Bertz CT molecular complexity index is 696. The van der Waals surface area contributed by atoms with Crippen molar-refractivity contribution in [3.63, 3.8) is 0 Å². The van der Waals surface area contributed by atoms with Gasteiger partial charge in [-0.2, -0.15) is 10.2 Å². The average Bonchev–Trinajstić information content (AvgIpc) is 3.29. The summed E-state index contributed by atoms with van der Waals surface area (Å²) in [6.45, 7) is 0. The summed E-state index contributed by atoms with van der Waals surface area (Å²) in [4.78, 5) is 11.3. The van der Waals surface area contributed by atoms with E-state index in [1.165, 1.54) is 11.8 Å². The summed E-state index contributed by atoms with van der Waals surface area (Å²) < 4.78 is 0. The fourth-order valence-corrected chi connectivity index (χ4v) is 2.64. The van der Waals surface area contributed by atoms with E-state index in [1.807, 2.05) is 24.3 Å². The molecular weight excluding hydrogens is 264 g/mol. The molecule has 2 atom stereocenters. The topological polar surface area (TPSA) is 94.9 Å². The van der Waals surface area contributed by atoms with Crippen molar-refractivity contribution in [1.29, 1.82) is 0 Å². The maximum Gasteiger partial charge on any atom is 0.252 e. The third-order valence-corrected chi connectivity index (χ3v) is 3.83.